The van der Waals surface area contributed by atoms with Crippen LogP contribution in [0.25, 0.3) is 5.70 Å². The maximum Gasteiger partial charge on any atom is 0.333 e. The number of benzene rings is 1. The molecule has 0 aromatic heterocycles. The van der Waals surface area contributed by atoms with Crippen molar-refractivity contribution >= 4 is 11.7 Å². The zero-order valence-electron chi connectivity index (χ0n) is 7.60. The number of urea groups is 1. The van der Waals surface area contributed by atoms with Gasteiger partial charge in [0, 0.05) is 0 Å². The molecule has 1 aromatic carbocycles. The van der Waals surface area contributed by atoms with Crippen molar-refractivity contribution in [1.82, 2.24) is 10.4 Å². The summed E-state index contributed by atoms with van der Waals surface area (Å²) >= 11 is 0. The van der Waals surface area contributed by atoms with Gasteiger partial charge in [0.25, 0.3) is 0 Å². The first-order valence-corrected chi connectivity index (χ1v) is 4.36. The topological polar surface area (TPSA) is 58.4 Å². The summed E-state index contributed by atoms with van der Waals surface area (Å²) in [5.41, 5.74) is 10.0. The van der Waals surface area contributed by atoms with Crippen LogP contribution in [-0.4, -0.2) is 17.6 Å². The highest BCUT2D eigenvalue weighted by atomic mass is 16.2. The molecule has 1 aromatic rings. The van der Waals surface area contributed by atoms with Gasteiger partial charge in [-0.3, -0.25) is 5.43 Å². The highest BCUT2D eigenvalue weighted by molar-refractivity contribution is 5.76. The van der Waals surface area contributed by atoms with E-state index in [9.17, 15) is 4.79 Å². The van der Waals surface area contributed by atoms with Gasteiger partial charge < -0.3 is 5.73 Å². The average Bonchev–Trinajstić information content (AvgIpc) is 2.68. The fourth-order valence-corrected chi connectivity index (χ4v) is 1.36. The first-order chi connectivity index (χ1) is 6.77. The third-order valence-corrected chi connectivity index (χ3v) is 2.08. The molecule has 14 heavy (non-hydrogen) atoms. The van der Waals surface area contributed by atoms with Crippen LogP contribution in [0.1, 0.15) is 5.56 Å². The van der Waals surface area contributed by atoms with Crippen molar-refractivity contribution in [3.05, 3.63) is 42.0 Å². The van der Waals surface area contributed by atoms with Crippen molar-refractivity contribution < 1.29 is 4.79 Å². The maximum absolute atomic E-state index is 10.8. The van der Waals surface area contributed by atoms with E-state index in [0.717, 1.165) is 11.3 Å². The molecule has 4 heteroatoms. The highest BCUT2D eigenvalue weighted by Crippen LogP contribution is 2.15. The summed E-state index contributed by atoms with van der Waals surface area (Å²) < 4.78 is 0. The number of hydrogen-bond donors (Lipinski definition) is 2. The molecule has 3 N–H and O–H groups in total. The minimum Gasteiger partial charge on any atom is -0.350 e. The number of nitrogens with one attached hydrogen (secondary N) is 1. The second-order valence-electron chi connectivity index (χ2n) is 3.04. The van der Waals surface area contributed by atoms with Gasteiger partial charge in [0.1, 0.15) is 0 Å². The third-order valence-electron chi connectivity index (χ3n) is 2.08. The highest BCUT2D eigenvalue weighted by Gasteiger charge is 2.16. The molecule has 0 atom stereocenters. The first kappa shape index (κ1) is 8.62. The van der Waals surface area contributed by atoms with Gasteiger partial charge in [-0.1, -0.05) is 30.3 Å². The van der Waals surface area contributed by atoms with Crippen molar-refractivity contribution in [3.8, 4) is 0 Å². The molecule has 0 unspecified atom stereocenters. The van der Waals surface area contributed by atoms with Crippen LogP contribution in [0.5, 0.6) is 0 Å². The standard InChI is InChI=1S/C10H11N3O/c11-10(14)13-7-6-9(12-13)8-4-2-1-3-5-8/h1-6,12H,7H2,(H2,11,14). The van der Waals surface area contributed by atoms with Crippen LogP contribution < -0.4 is 11.2 Å². The molecule has 2 amide bonds. The summed E-state index contributed by atoms with van der Waals surface area (Å²) in [5.74, 6) is 0. The normalized spacial score (nSPS) is 14.9. The number of carbonyl (C=O) groups excluding carboxylic acids is 1. The summed E-state index contributed by atoms with van der Waals surface area (Å²) in [5, 5.41) is 1.36. The molecule has 4 nitrogen and oxygen atoms in total. The summed E-state index contributed by atoms with van der Waals surface area (Å²) in [6.45, 7) is 0.513. The minimum atomic E-state index is -0.466. The SMILES string of the molecule is NC(=O)N1CC=C(c2ccccc2)N1. The lowest BCUT2D eigenvalue weighted by molar-refractivity contribution is 0.205. The predicted molar refractivity (Wildman–Crippen MR) is 53.8 cm³/mol. The molecule has 0 spiro atoms. The second kappa shape index (κ2) is 3.41. The van der Waals surface area contributed by atoms with Crippen molar-refractivity contribution in [3.63, 3.8) is 0 Å². The molecular formula is C10H11N3O. The van der Waals surface area contributed by atoms with Gasteiger partial charge in [-0.2, -0.15) is 0 Å². The van der Waals surface area contributed by atoms with Crippen molar-refractivity contribution in [2.45, 2.75) is 0 Å². The van der Waals surface area contributed by atoms with Gasteiger partial charge in [-0.15, -0.1) is 0 Å². The van der Waals surface area contributed by atoms with Crippen molar-refractivity contribution in [1.29, 1.82) is 0 Å². The van der Waals surface area contributed by atoms with E-state index in [-0.39, 0.29) is 0 Å². The molecule has 1 heterocycles. The number of nitrogens with two attached hydrogens (primary N) is 1. The number of carbonyl (C=O) groups is 1. The lowest BCUT2D eigenvalue weighted by Gasteiger charge is -2.15. The van der Waals surface area contributed by atoms with Gasteiger partial charge in [-0.25, -0.2) is 9.80 Å². The van der Waals surface area contributed by atoms with Crippen LogP contribution in [0.3, 0.4) is 0 Å². The monoisotopic (exact) mass is 189 g/mol. The van der Waals surface area contributed by atoms with Crippen LogP contribution in [0, 0.1) is 0 Å². The Hall–Kier alpha value is -1.97. The quantitative estimate of drug-likeness (QED) is 0.690. The number of nitrogens with zero attached hydrogens (tertiary/aromatic N) is 1. The predicted octanol–water partition coefficient (Wildman–Crippen LogP) is 0.926. The molecule has 1 aliphatic rings. The minimum absolute atomic E-state index is 0.466. The fraction of sp³-hybridized carbons (Fsp3) is 0.100. The van der Waals surface area contributed by atoms with E-state index in [2.05, 4.69) is 5.43 Å². The lowest BCUT2D eigenvalue weighted by atomic mass is 10.2. The molecule has 2 rings (SSSR count). The third kappa shape index (κ3) is 1.54. The number of hydrogen-bond acceptors (Lipinski definition) is 2. The van der Waals surface area contributed by atoms with Crippen molar-refractivity contribution in [2.75, 3.05) is 6.54 Å². The Morgan fingerprint density at radius 2 is 2.07 bits per heavy atom. The first-order valence-electron chi connectivity index (χ1n) is 4.36. The zero-order chi connectivity index (χ0) is 9.97. The van der Waals surface area contributed by atoms with Gasteiger partial charge in [0.05, 0.1) is 12.2 Å². The molecule has 0 saturated carbocycles. The Morgan fingerprint density at radius 1 is 1.36 bits per heavy atom. The van der Waals surface area contributed by atoms with Gasteiger partial charge in [0.2, 0.25) is 0 Å². The molecule has 72 valence electrons. The largest absolute Gasteiger partial charge is 0.350 e. The summed E-state index contributed by atoms with van der Waals surface area (Å²) in [7, 11) is 0. The number of hydrazine groups is 1. The van der Waals surface area contributed by atoms with E-state index in [0.29, 0.717) is 6.54 Å². The molecule has 0 aliphatic carbocycles. The molecule has 0 radical (unpaired) electrons. The Kier molecular flexibility index (Phi) is 2.10. The lowest BCUT2D eigenvalue weighted by Crippen LogP contribution is -2.41. The number of amides is 2. The van der Waals surface area contributed by atoms with E-state index in [4.69, 9.17) is 5.73 Å². The van der Waals surface area contributed by atoms with Crippen LogP contribution in [0.2, 0.25) is 0 Å². The van der Waals surface area contributed by atoms with Gasteiger partial charge in [-0.05, 0) is 11.6 Å². The number of primary amides is 1. The van der Waals surface area contributed by atoms with Crippen LogP contribution in [-0.2, 0) is 0 Å². The smallest absolute Gasteiger partial charge is 0.333 e. The van der Waals surface area contributed by atoms with Crippen LogP contribution in [0.4, 0.5) is 4.79 Å². The van der Waals surface area contributed by atoms with E-state index in [1.54, 1.807) is 0 Å². The Labute approximate surface area is 82.0 Å². The summed E-state index contributed by atoms with van der Waals surface area (Å²) in [6, 6.07) is 9.33. The van der Waals surface area contributed by atoms with E-state index in [1.807, 2.05) is 36.4 Å². The number of rotatable bonds is 1. The van der Waals surface area contributed by atoms with Crippen LogP contribution >= 0.6 is 0 Å². The van der Waals surface area contributed by atoms with E-state index < -0.39 is 6.03 Å². The fourth-order valence-electron chi connectivity index (χ4n) is 1.36. The van der Waals surface area contributed by atoms with Crippen molar-refractivity contribution in [2.24, 2.45) is 5.73 Å². The Balaban J connectivity index is 2.13. The molecular weight excluding hydrogens is 178 g/mol. The Morgan fingerprint density at radius 3 is 2.64 bits per heavy atom. The second-order valence-corrected chi connectivity index (χ2v) is 3.04. The maximum atomic E-state index is 10.8. The zero-order valence-corrected chi connectivity index (χ0v) is 7.60. The average molecular weight is 189 g/mol. The molecule has 1 aliphatic heterocycles. The summed E-state index contributed by atoms with van der Waals surface area (Å²) in [6.07, 6.45) is 1.93. The Bertz CT molecular complexity index is 372. The molecule has 0 fully saturated rings. The molecule has 0 saturated heterocycles. The summed E-state index contributed by atoms with van der Waals surface area (Å²) in [4.78, 5) is 10.8. The van der Waals surface area contributed by atoms with Gasteiger partial charge >= 0.3 is 6.03 Å². The van der Waals surface area contributed by atoms with E-state index in [1.165, 1.54) is 5.01 Å². The van der Waals surface area contributed by atoms with Crippen LogP contribution in [0.15, 0.2) is 36.4 Å². The van der Waals surface area contributed by atoms with Gasteiger partial charge in [0.15, 0.2) is 0 Å². The molecule has 0 bridgehead atoms. The van der Waals surface area contributed by atoms with E-state index >= 15 is 0 Å².